The molecule has 0 aliphatic heterocycles. The van der Waals surface area contributed by atoms with E-state index in [1.807, 2.05) is 37.6 Å². The van der Waals surface area contributed by atoms with Crippen LogP contribution < -0.4 is 5.32 Å². The van der Waals surface area contributed by atoms with E-state index in [1.54, 1.807) is 11.3 Å². The SMILES string of the molecule is CC(C)CC(NC(C)c1ccsc1)C(=O)O. The van der Waals surface area contributed by atoms with Gasteiger partial charge in [-0.2, -0.15) is 11.3 Å². The van der Waals surface area contributed by atoms with Crippen LogP contribution in [0.2, 0.25) is 0 Å². The summed E-state index contributed by atoms with van der Waals surface area (Å²) in [6.45, 7) is 6.07. The van der Waals surface area contributed by atoms with Gasteiger partial charge in [0.15, 0.2) is 0 Å². The first-order valence-corrected chi connectivity index (χ1v) is 6.46. The van der Waals surface area contributed by atoms with Crippen molar-refractivity contribution in [2.75, 3.05) is 0 Å². The summed E-state index contributed by atoms with van der Waals surface area (Å²) in [4.78, 5) is 11.1. The molecule has 0 aliphatic rings. The number of hydrogen-bond acceptors (Lipinski definition) is 3. The number of nitrogens with one attached hydrogen (secondary N) is 1. The van der Waals surface area contributed by atoms with E-state index >= 15 is 0 Å². The molecule has 1 heterocycles. The third-order valence-electron chi connectivity index (χ3n) is 2.50. The molecule has 0 saturated heterocycles. The minimum atomic E-state index is -0.768. The topological polar surface area (TPSA) is 49.3 Å². The molecular weight excluding hydrogens is 222 g/mol. The van der Waals surface area contributed by atoms with E-state index in [0.29, 0.717) is 12.3 Å². The van der Waals surface area contributed by atoms with Crippen molar-refractivity contribution in [3.05, 3.63) is 22.4 Å². The summed E-state index contributed by atoms with van der Waals surface area (Å²) < 4.78 is 0. The molecule has 2 N–H and O–H groups in total. The Kier molecular flexibility index (Phi) is 4.96. The first-order valence-electron chi connectivity index (χ1n) is 5.51. The largest absolute Gasteiger partial charge is 0.480 e. The zero-order valence-electron chi connectivity index (χ0n) is 9.93. The Bertz CT molecular complexity index is 322. The Labute approximate surface area is 100 Å². The molecule has 0 radical (unpaired) electrons. The molecule has 16 heavy (non-hydrogen) atoms. The molecule has 0 fully saturated rings. The molecule has 0 amide bonds. The van der Waals surface area contributed by atoms with E-state index in [9.17, 15) is 4.79 Å². The quantitative estimate of drug-likeness (QED) is 0.805. The number of carboxylic acid groups (broad SMARTS) is 1. The number of carboxylic acids is 1. The van der Waals surface area contributed by atoms with Crippen LogP contribution in [0.1, 0.15) is 38.8 Å². The summed E-state index contributed by atoms with van der Waals surface area (Å²) in [6, 6.07) is 1.65. The molecule has 1 aromatic rings. The van der Waals surface area contributed by atoms with Crippen molar-refractivity contribution in [1.82, 2.24) is 5.32 Å². The standard InChI is InChI=1S/C12H19NO2S/c1-8(2)6-11(12(14)15)13-9(3)10-4-5-16-7-10/h4-5,7-9,11,13H,6H2,1-3H3,(H,14,15). The fourth-order valence-electron chi connectivity index (χ4n) is 1.63. The van der Waals surface area contributed by atoms with E-state index in [-0.39, 0.29) is 6.04 Å². The first kappa shape index (κ1) is 13.2. The van der Waals surface area contributed by atoms with Crippen molar-refractivity contribution < 1.29 is 9.90 Å². The number of hydrogen-bond donors (Lipinski definition) is 2. The summed E-state index contributed by atoms with van der Waals surface area (Å²) in [5.41, 5.74) is 1.15. The summed E-state index contributed by atoms with van der Waals surface area (Å²) in [7, 11) is 0. The molecule has 1 rings (SSSR count). The van der Waals surface area contributed by atoms with Gasteiger partial charge < -0.3 is 5.11 Å². The average Bonchev–Trinajstić information content (AvgIpc) is 2.68. The molecule has 0 bridgehead atoms. The number of aliphatic carboxylic acids is 1. The molecule has 2 atom stereocenters. The lowest BCUT2D eigenvalue weighted by molar-refractivity contribution is -0.140. The van der Waals surface area contributed by atoms with Crippen LogP contribution >= 0.6 is 11.3 Å². The highest BCUT2D eigenvalue weighted by Crippen LogP contribution is 2.17. The molecule has 90 valence electrons. The maximum Gasteiger partial charge on any atom is 0.320 e. The summed E-state index contributed by atoms with van der Waals surface area (Å²) in [5, 5.41) is 16.3. The van der Waals surface area contributed by atoms with E-state index < -0.39 is 12.0 Å². The zero-order valence-corrected chi connectivity index (χ0v) is 10.8. The first-order chi connectivity index (χ1) is 7.50. The monoisotopic (exact) mass is 241 g/mol. The molecule has 0 spiro atoms. The minimum Gasteiger partial charge on any atom is -0.480 e. The summed E-state index contributed by atoms with van der Waals surface area (Å²) in [5.74, 6) is -0.390. The van der Waals surface area contributed by atoms with Crippen LogP contribution in [0.3, 0.4) is 0 Å². The van der Waals surface area contributed by atoms with Gasteiger partial charge in [0.05, 0.1) is 0 Å². The Morgan fingerprint density at radius 1 is 1.50 bits per heavy atom. The van der Waals surface area contributed by atoms with Crippen molar-refractivity contribution in [2.45, 2.75) is 39.3 Å². The van der Waals surface area contributed by atoms with E-state index in [4.69, 9.17) is 5.11 Å². The second-order valence-corrected chi connectivity index (χ2v) is 5.25. The highest BCUT2D eigenvalue weighted by atomic mass is 32.1. The molecule has 0 saturated carbocycles. The third kappa shape index (κ3) is 3.94. The van der Waals surface area contributed by atoms with E-state index in [0.717, 1.165) is 5.56 Å². The maximum absolute atomic E-state index is 11.1. The van der Waals surface area contributed by atoms with Gasteiger partial charge in [-0.1, -0.05) is 13.8 Å². The normalized spacial score (nSPS) is 15.0. The molecule has 4 heteroatoms. The van der Waals surface area contributed by atoms with Crippen LogP contribution in [0.25, 0.3) is 0 Å². The predicted octanol–water partition coefficient (Wildman–Crippen LogP) is 2.90. The molecule has 0 aliphatic carbocycles. The van der Waals surface area contributed by atoms with Crippen LogP contribution in [0, 0.1) is 5.92 Å². The Hall–Kier alpha value is -0.870. The Morgan fingerprint density at radius 2 is 2.19 bits per heavy atom. The van der Waals surface area contributed by atoms with Gasteiger partial charge in [0.1, 0.15) is 6.04 Å². The second-order valence-electron chi connectivity index (χ2n) is 4.47. The lowest BCUT2D eigenvalue weighted by Gasteiger charge is -2.21. The van der Waals surface area contributed by atoms with Gasteiger partial charge in [-0.05, 0) is 41.7 Å². The highest BCUT2D eigenvalue weighted by Gasteiger charge is 2.21. The van der Waals surface area contributed by atoms with Crippen molar-refractivity contribution in [3.63, 3.8) is 0 Å². The maximum atomic E-state index is 11.1. The lowest BCUT2D eigenvalue weighted by atomic mass is 10.0. The predicted molar refractivity (Wildman–Crippen MR) is 66.7 cm³/mol. The fraction of sp³-hybridized carbons (Fsp3) is 0.583. The van der Waals surface area contributed by atoms with Crippen LogP contribution in [-0.4, -0.2) is 17.1 Å². The zero-order chi connectivity index (χ0) is 12.1. The number of rotatable bonds is 6. The number of carbonyl (C=O) groups is 1. The Balaban J connectivity index is 2.58. The van der Waals surface area contributed by atoms with Crippen LogP contribution in [0.5, 0.6) is 0 Å². The molecule has 3 nitrogen and oxygen atoms in total. The second kappa shape index (κ2) is 6.01. The molecule has 1 aromatic heterocycles. The van der Waals surface area contributed by atoms with Crippen LogP contribution in [0.4, 0.5) is 0 Å². The Morgan fingerprint density at radius 3 is 2.62 bits per heavy atom. The fourth-order valence-corrected chi connectivity index (χ4v) is 2.39. The minimum absolute atomic E-state index is 0.0890. The van der Waals surface area contributed by atoms with Crippen molar-refractivity contribution in [3.8, 4) is 0 Å². The smallest absolute Gasteiger partial charge is 0.320 e. The highest BCUT2D eigenvalue weighted by molar-refractivity contribution is 7.07. The van der Waals surface area contributed by atoms with Gasteiger partial charge in [-0.25, -0.2) is 0 Å². The average molecular weight is 241 g/mol. The molecule has 0 aromatic carbocycles. The van der Waals surface area contributed by atoms with Gasteiger partial charge in [-0.3, -0.25) is 10.1 Å². The molecular formula is C12H19NO2S. The van der Waals surface area contributed by atoms with Gasteiger partial charge >= 0.3 is 5.97 Å². The number of thiophene rings is 1. The van der Waals surface area contributed by atoms with Gasteiger partial charge in [0.25, 0.3) is 0 Å². The van der Waals surface area contributed by atoms with Crippen LogP contribution in [0.15, 0.2) is 16.8 Å². The van der Waals surface area contributed by atoms with Crippen molar-refractivity contribution >= 4 is 17.3 Å². The van der Waals surface area contributed by atoms with E-state index in [2.05, 4.69) is 5.32 Å². The third-order valence-corrected chi connectivity index (χ3v) is 3.20. The van der Waals surface area contributed by atoms with Gasteiger partial charge in [0, 0.05) is 6.04 Å². The summed E-state index contributed by atoms with van der Waals surface area (Å²) >= 11 is 1.63. The van der Waals surface area contributed by atoms with Crippen LogP contribution in [-0.2, 0) is 4.79 Å². The van der Waals surface area contributed by atoms with Gasteiger partial charge in [-0.15, -0.1) is 0 Å². The van der Waals surface area contributed by atoms with Crippen molar-refractivity contribution in [1.29, 1.82) is 0 Å². The van der Waals surface area contributed by atoms with Crippen molar-refractivity contribution in [2.24, 2.45) is 5.92 Å². The molecule has 2 unspecified atom stereocenters. The summed E-state index contributed by atoms with van der Waals surface area (Å²) in [6.07, 6.45) is 0.657. The van der Waals surface area contributed by atoms with Gasteiger partial charge in [0.2, 0.25) is 0 Å². The van der Waals surface area contributed by atoms with E-state index in [1.165, 1.54) is 0 Å². The lowest BCUT2D eigenvalue weighted by Crippen LogP contribution is -2.39.